The minimum Gasteiger partial charge on any atom is -0.356 e. The van der Waals surface area contributed by atoms with Gasteiger partial charge < -0.3 is 15.0 Å². The monoisotopic (exact) mass is 355 g/mol. The van der Waals surface area contributed by atoms with E-state index in [2.05, 4.69) is 32.9 Å². The molecular formula is C19H22ClN5. The molecule has 0 amide bonds. The zero-order valence-corrected chi connectivity index (χ0v) is 15.0. The number of aromatic nitrogens is 2. The Morgan fingerprint density at radius 2 is 1.96 bits per heavy atom. The minimum absolute atomic E-state index is 0.771. The lowest BCUT2D eigenvalue weighted by Gasteiger charge is -2.11. The number of aliphatic imine (C=N–C) groups is 1. The second-order valence-corrected chi connectivity index (χ2v) is 6.19. The number of hydrogen-bond donors (Lipinski definition) is 2. The Bertz CT molecular complexity index is 823. The third-order valence-electron chi connectivity index (χ3n) is 3.91. The summed E-state index contributed by atoms with van der Waals surface area (Å²) in [4.78, 5) is 8.85. The first kappa shape index (κ1) is 17.3. The summed E-state index contributed by atoms with van der Waals surface area (Å²) in [5, 5.41) is 7.41. The van der Waals surface area contributed by atoms with Crippen molar-refractivity contribution in [2.24, 2.45) is 4.99 Å². The van der Waals surface area contributed by atoms with Gasteiger partial charge in [-0.2, -0.15) is 0 Å². The Balaban J connectivity index is 1.43. The molecule has 130 valence electrons. The normalized spacial score (nSPS) is 11.7. The number of imidazole rings is 1. The Morgan fingerprint density at radius 1 is 1.12 bits per heavy atom. The first-order chi connectivity index (χ1) is 12.2. The van der Waals surface area contributed by atoms with Gasteiger partial charge in [-0.05, 0) is 36.2 Å². The second kappa shape index (κ2) is 8.53. The van der Waals surface area contributed by atoms with Crippen LogP contribution < -0.4 is 10.6 Å². The largest absolute Gasteiger partial charge is 0.356 e. The number of guanidine groups is 1. The molecule has 0 fully saturated rings. The Kier molecular flexibility index (Phi) is 5.90. The van der Waals surface area contributed by atoms with Gasteiger partial charge in [-0.25, -0.2) is 4.98 Å². The van der Waals surface area contributed by atoms with Crippen LogP contribution >= 0.6 is 11.6 Å². The number of nitrogens with zero attached hydrogens (tertiary/aromatic N) is 3. The minimum atomic E-state index is 0.771. The number of hydrogen-bond acceptors (Lipinski definition) is 2. The van der Waals surface area contributed by atoms with Crippen LogP contribution in [0.5, 0.6) is 0 Å². The summed E-state index contributed by atoms with van der Waals surface area (Å²) in [6, 6.07) is 13.9. The highest BCUT2D eigenvalue weighted by Crippen LogP contribution is 2.10. The standard InChI is InChI=1S/C19H22ClN5/c1-21-19(22-10-8-15-5-4-6-16(20)13-15)23-11-9-17-14-25-12-3-2-7-18(25)24-17/h2-7,12-14H,8-11H2,1H3,(H2,21,22,23). The molecule has 0 unspecified atom stereocenters. The average molecular weight is 356 g/mol. The fraction of sp³-hybridized carbons (Fsp3) is 0.263. The molecule has 1 aromatic carbocycles. The highest BCUT2D eigenvalue weighted by Gasteiger charge is 2.02. The molecule has 0 radical (unpaired) electrons. The van der Waals surface area contributed by atoms with E-state index < -0.39 is 0 Å². The first-order valence-electron chi connectivity index (χ1n) is 8.36. The maximum atomic E-state index is 6.01. The van der Waals surface area contributed by atoms with Crippen LogP contribution in [0.15, 0.2) is 59.9 Å². The molecule has 3 aromatic rings. The van der Waals surface area contributed by atoms with E-state index >= 15 is 0 Å². The Labute approximate surface area is 152 Å². The highest BCUT2D eigenvalue weighted by molar-refractivity contribution is 6.30. The van der Waals surface area contributed by atoms with Crippen LogP contribution in [-0.4, -0.2) is 35.5 Å². The highest BCUT2D eigenvalue weighted by atomic mass is 35.5. The van der Waals surface area contributed by atoms with E-state index in [1.165, 1.54) is 5.56 Å². The van der Waals surface area contributed by atoms with E-state index in [4.69, 9.17) is 11.6 Å². The topological polar surface area (TPSA) is 53.7 Å². The maximum absolute atomic E-state index is 6.01. The second-order valence-electron chi connectivity index (χ2n) is 5.75. The summed E-state index contributed by atoms with van der Waals surface area (Å²) in [6.45, 7) is 1.58. The summed E-state index contributed by atoms with van der Waals surface area (Å²) in [7, 11) is 1.78. The van der Waals surface area contributed by atoms with Gasteiger partial charge in [0.05, 0.1) is 5.69 Å². The molecule has 0 aliphatic heterocycles. The number of rotatable bonds is 6. The average Bonchev–Trinajstić information content (AvgIpc) is 3.03. The molecule has 0 saturated carbocycles. The van der Waals surface area contributed by atoms with Gasteiger partial charge >= 0.3 is 0 Å². The van der Waals surface area contributed by atoms with E-state index in [-0.39, 0.29) is 0 Å². The van der Waals surface area contributed by atoms with Gasteiger partial charge in [0.25, 0.3) is 0 Å². The smallest absolute Gasteiger partial charge is 0.190 e. The van der Waals surface area contributed by atoms with Gasteiger partial charge in [0.1, 0.15) is 5.65 Å². The molecule has 2 aromatic heterocycles. The van der Waals surface area contributed by atoms with E-state index in [1.807, 2.05) is 47.0 Å². The number of benzene rings is 1. The van der Waals surface area contributed by atoms with Crippen LogP contribution in [0.4, 0.5) is 0 Å². The molecule has 0 aliphatic carbocycles. The van der Waals surface area contributed by atoms with Crippen LogP contribution in [0.2, 0.25) is 5.02 Å². The van der Waals surface area contributed by atoms with Crippen LogP contribution in [0.1, 0.15) is 11.3 Å². The number of fused-ring (bicyclic) bond motifs is 1. The molecule has 0 atom stereocenters. The van der Waals surface area contributed by atoms with Crippen LogP contribution in [0.3, 0.4) is 0 Å². The quantitative estimate of drug-likeness (QED) is 0.528. The lowest BCUT2D eigenvalue weighted by Crippen LogP contribution is -2.39. The lowest BCUT2D eigenvalue weighted by atomic mass is 10.1. The van der Waals surface area contributed by atoms with Crippen molar-refractivity contribution in [1.82, 2.24) is 20.0 Å². The number of pyridine rings is 1. The predicted molar refractivity (Wildman–Crippen MR) is 103 cm³/mol. The third-order valence-corrected chi connectivity index (χ3v) is 4.14. The Morgan fingerprint density at radius 3 is 2.72 bits per heavy atom. The first-order valence-corrected chi connectivity index (χ1v) is 8.74. The number of halogens is 1. The van der Waals surface area contributed by atoms with Crippen molar-refractivity contribution in [2.75, 3.05) is 20.1 Å². The van der Waals surface area contributed by atoms with Gasteiger partial charge in [0, 0.05) is 44.0 Å². The van der Waals surface area contributed by atoms with Gasteiger partial charge in [0.2, 0.25) is 0 Å². The molecule has 2 N–H and O–H groups in total. The Hall–Kier alpha value is -2.53. The molecule has 0 aliphatic rings. The zero-order valence-electron chi connectivity index (χ0n) is 14.2. The molecule has 2 heterocycles. The van der Waals surface area contributed by atoms with Crippen LogP contribution in [-0.2, 0) is 12.8 Å². The SMILES string of the molecule is CN=C(NCCc1cccc(Cl)c1)NCCc1cn2ccccc2n1. The lowest BCUT2D eigenvalue weighted by molar-refractivity contribution is 0.778. The summed E-state index contributed by atoms with van der Waals surface area (Å²) >= 11 is 6.01. The molecule has 0 bridgehead atoms. The van der Waals surface area contributed by atoms with Crippen molar-refractivity contribution in [1.29, 1.82) is 0 Å². The van der Waals surface area contributed by atoms with Crippen molar-refractivity contribution >= 4 is 23.2 Å². The van der Waals surface area contributed by atoms with Crippen molar-refractivity contribution in [3.8, 4) is 0 Å². The fourth-order valence-electron chi connectivity index (χ4n) is 2.65. The van der Waals surface area contributed by atoms with Crippen molar-refractivity contribution in [3.05, 3.63) is 71.1 Å². The van der Waals surface area contributed by atoms with Gasteiger partial charge in [0.15, 0.2) is 5.96 Å². The van der Waals surface area contributed by atoms with Gasteiger partial charge in [-0.3, -0.25) is 4.99 Å². The van der Waals surface area contributed by atoms with E-state index in [0.29, 0.717) is 0 Å². The van der Waals surface area contributed by atoms with E-state index in [0.717, 1.165) is 48.3 Å². The van der Waals surface area contributed by atoms with E-state index in [1.54, 1.807) is 7.05 Å². The molecule has 25 heavy (non-hydrogen) atoms. The van der Waals surface area contributed by atoms with Crippen molar-refractivity contribution < 1.29 is 0 Å². The molecule has 5 nitrogen and oxygen atoms in total. The van der Waals surface area contributed by atoms with E-state index in [9.17, 15) is 0 Å². The zero-order chi connectivity index (χ0) is 17.5. The molecule has 0 spiro atoms. The van der Waals surface area contributed by atoms with Gasteiger partial charge in [-0.15, -0.1) is 0 Å². The van der Waals surface area contributed by atoms with Crippen LogP contribution in [0, 0.1) is 0 Å². The fourth-order valence-corrected chi connectivity index (χ4v) is 2.87. The number of nitrogens with one attached hydrogen (secondary N) is 2. The predicted octanol–water partition coefficient (Wildman–Crippen LogP) is 2.94. The van der Waals surface area contributed by atoms with Crippen LogP contribution in [0.25, 0.3) is 5.65 Å². The summed E-state index contributed by atoms with van der Waals surface area (Å²) in [5.41, 5.74) is 3.25. The summed E-state index contributed by atoms with van der Waals surface area (Å²) in [5.74, 6) is 0.797. The molecule has 6 heteroatoms. The molecule has 0 saturated heterocycles. The summed E-state index contributed by atoms with van der Waals surface area (Å²) in [6.07, 6.45) is 5.81. The molecule has 3 rings (SSSR count). The summed E-state index contributed by atoms with van der Waals surface area (Å²) < 4.78 is 2.04. The van der Waals surface area contributed by atoms with Gasteiger partial charge in [-0.1, -0.05) is 29.8 Å². The van der Waals surface area contributed by atoms with Crippen molar-refractivity contribution in [2.45, 2.75) is 12.8 Å². The maximum Gasteiger partial charge on any atom is 0.190 e. The molecular weight excluding hydrogens is 334 g/mol. The third kappa shape index (κ3) is 4.97. The van der Waals surface area contributed by atoms with Crippen molar-refractivity contribution in [3.63, 3.8) is 0 Å².